The largest absolute Gasteiger partial charge is 0.491 e. The Balaban J connectivity index is 1.51. The number of benzene rings is 3. The zero-order valence-electron chi connectivity index (χ0n) is 27.8. The van der Waals surface area contributed by atoms with Crippen LogP contribution in [-0.4, -0.2) is 56.5 Å². The summed E-state index contributed by atoms with van der Waals surface area (Å²) in [5.74, 6) is 2.76. The number of hydrogen-bond donors (Lipinski definition) is 1. The number of para-hydroxylation sites is 3. The second kappa shape index (κ2) is 15.0. The Morgan fingerprint density at radius 3 is 1.96 bits per heavy atom. The number of ether oxygens (including phenoxy) is 5. The first-order chi connectivity index (χ1) is 21.8. The van der Waals surface area contributed by atoms with Crippen LogP contribution in [0.15, 0.2) is 66.7 Å². The summed E-state index contributed by atoms with van der Waals surface area (Å²) < 4.78 is 30.2. The third kappa shape index (κ3) is 8.21. The highest BCUT2D eigenvalue weighted by Crippen LogP contribution is 2.46. The van der Waals surface area contributed by atoms with Gasteiger partial charge in [-0.25, -0.2) is 0 Å². The van der Waals surface area contributed by atoms with Gasteiger partial charge < -0.3 is 28.8 Å². The SMILES string of the molecule is CCC(O)COc1ccccc1CC(CC)(CC)c1cccc(CC(C)(CC)c2ccccc2OCC2CO2)c1OCC1CO1. The maximum absolute atomic E-state index is 10.2. The highest BCUT2D eigenvalue weighted by molar-refractivity contribution is 5.50. The molecular formula is C39H52O6. The third-order valence-electron chi connectivity index (χ3n) is 9.97. The van der Waals surface area contributed by atoms with Crippen molar-refractivity contribution in [2.24, 2.45) is 0 Å². The lowest BCUT2D eigenvalue weighted by Crippen LogP contribution is -2.30. The highest BCUT2D eigenvalue weighted by Gasteiger charge is 2.37. The van der Waals surface area contributed by atoms with Gasteiger partial charge in [0.1, 0.15) is 49.3 Å². The maximum atomic E-state index is 10.2. The van der Waals surface area contributed by atoms with Crippen LogP contribution in [0.2, 0.25) is 0 Å². The van der Waals surface area contributed by atoms with E-state index in [0.717, 1.165) is 68.1 Å². The van der Waals surface area contributed by atoms with Crippen LogP contribution < -0.4 is 14.2 Å². The summed E-state index contributed by atoms with van der Waals surface area (Å²) in [5.41, 5.74) is 4.47. The van der Waals surface area contributed by atoms with E-state index in [1.165, 1.54) is 16.7 Å². The van der Waals surface area contributed by atoms with Gasteiger partial charge in [0.05, 0.1) is 19.3 Å². The van der Waals surface area contributed by atoms with Gasteiger partial charge in [-0.05, 0) is 61.8 Å². The molecule has 6 nitrogen and oxygen atoms in total. The van der Waals surface area contributed by atoms with Gasteiger partial charge in [-0.15, -0.1) is 0 Å². The Morgan fingerprint density at radius 1 is 0.711 bits per heavy atom. The van der Waals surface area contributed by atoms with E-state index in [1.54, 1.807) is 0 Å². The van der Waals surface area contributed by atoms with Crippen molar-refractivity contribution in [1.82, 2.24) is 0 Å². The molecule has 0 aliphatic carbocycles. The Bertz CT molecular complexity index is 1380. The molecule has 1 N–H and O–H groups in total. The molecule has 0 amide bonds. The van der Waals surface area contributed by atoms with Crippen molar-refractivity contribution in [2.45, 2.75) is 102 Å². The van der Waals surface area contributed by atoms with E-state index in [2.05, 4.69) is 82.3 Å². The van der Waals surface area contributed by atoms with Gasteiger partial charge in [-0.2, -0.15) is 0 Å². The molecule has 5 rings (SSSR count). The van der Waals surface area contributed by atoms with E-state index < -0.39 is 6.10 Å². The van der Waals surface area contributed by atoms with Gasteiger partial charge in [0.2, 0.25) is 0 Å². The first kappa shape index (κ1) is 33.3. The van der Waals surface area contributed by atoms with E-state index in [-0.39, 0.29) is 23.0 Å². The number of epoxide rings is 2. The Morgan fingerprint density at radius 2 is 1.31 bits per heavy atom. The molecule has 0 aromatic heterocycles. The van der Waals surface area contributed by atoms with Crippen molar-refractivity contribution >= 4 is 0 Å². The molecule has 0 spiro atoms. The molecular weight excluding hydrogens is 564 g/mol. The van der Waals surface area contributed by atoms with Crippen molar-refractivity contribution in [2.75, 3.05) is 33.0 Å². The van der Waals surface area contributed by atoms with Crippen LogP contribution in [0.1, 0.15) is 82.6 Å². The van der Waals surface area contributed by atoms with E-state index in [4.69, 9.17) is 23.7 Å². The Labute approximate surface area is 270 Å². The summed E-state index contributed by atoms with van der Waals surface area (Å²) in [5, 5.41) is 10.2. The van der Waals surface area contributed by atoms with Crippen LogP contribution in [0.3, 0.4) is 0 Å². The van der Waals surface area contributed by atoms with Gasteiger partial charge in [-0.3, -0.25) is 0 Å². The van der Waals surface area contributed by atoms with Crippen molar-refractivity contribution in [1.29, 1.82) is 0 Å². The average molecular weight is 617 g/mol. The van der Waals surface area contributed by atoms with Crippen LogP contribution in [0, 0.1) is 0 Å². The molecule has 0 radical (unpaired) electrons. The van der Waals surface area contributed by atoms with E-state index >= 15 is 0 Å². The predicted octanol–water partition coefficient (Wildman–Crippen LogP) is 7.60. The number of hydrogen-bond acceptors (Lipinski definition) is 6. The monoisotopic (exact) mass is 616 g/mol. The van der Waals surface area contributed by atoms with Gasteiger partial charge in [0.15, 0.2) is 0 Å². The van der Waals surface area contributed by atoms with Crippen molar-refractivity contribution in [3.63, 3.8) is 0 Å². The fourth-order valence-electron chi connectivity index (χ4n) is 6.36. The number of aliphatic hydroxyl groups excluding tert-OH is 1. The molecule has 2 aliphatic heterocycles. The third-order valence-corrected chi connectivity index (χ3v) is 9.97. The van der Waals surface area contributed by atoms with Crippen molar-refractivity contribution in [3.05, 3.63) is 89.0 Å². The maximum Gasteiger partial charge on any atom is 0.126 e. The molecule has 6 heteroatoms. The smallest absolute Gasteiger partial charge is 0.126 e. The molecule has 2 fully saturated rings. The normalized spacial score (nSPS) is 19.4. The second-order valence-corrected chi connectivity index (χ2v) is 13.1. The standard InChI is InChI=1S/C39H52O6/c1-6-30(40)23-43-35-19-12-10-15-28(35)22-39(8-3,9-4)34-18-14-16-29(37(34)45-27-32-25-42-32)21-38(5,7-2)33-17-11-13-20-36(33)44-26-31-24-41-31/h10-20,30-32,40H,6-9,21-27H2,1-5H3. The van der Waals surface area contributed by atoms with Crippen LogP contribution in [0.25, 0.3) is 0 Å². The molecule has 244 valence electrons. The van der Waals surface area contributed by atoms with Crippen molar-refractivity contribution < 1.29 is 28.8 Å². The summed E-state index contributed by atoms with van der Waals surface area (Å²) in [7, 11) is 0. The lowest BCUT2D eigenvalue weighted by Gasteiger charge is -2.37. The topological polar surface area (TPSA) is 73.0 Å². The van der Waals surface area contributed by atoms with E-state index in [9.17, 15) is 5.11 Å². The minimum absolute atomic E-state index is 0.152. The van der Waals surface area contributed by atoms with Gasteiger partial charge in [-0.1, -0.05) is 89.2 Å². The molecule has 45 heavy (non-hydrogen) atoms. The fraction of sp³-hybridized carbons (Fsp3) is 0.538. The zero-order chi connectivity index (χ0) is 31.9. The lowest BCUT2D eigenvalue weighted by molar-refractivity contribution is 0.103. The van der Waals surface area contributed by atoms with Gasteiger partial charge in [0, 0.05) is 22.0 Å². The number of rotatable bonds is 19. The summed E-state index contributed by atoms with van der Waals surface area (Å²) in [6.45, 7) is 14.1. The summed E-state index contributed by atoms with van der Waals surface area (Å²) in [6.07, 6.45) is 5.00. The summed E-state index contributed by atoms with van der Waals surface area (Å²) in [6, 6.07) is 23.4. The number of aliphatic hydroxyl groups is 1. The molecule has 0 saturated carbocycles. The quantitative estimate of drug-likeness (QED) is 0.140. The molecule has 2 heterocycles. The molecule has 2 saturated heterocycles. The molecule has 2 aliphatic rings. The Hall–Kier alpha value is -3.06. The van der Waals surface area contributed by atoms with Gasteiger partial charge >= 0.3 is 0 Å². The van der Waals surface area contributed by atoms with Crippen LogP contribution in [-0.2, 0) is 33.1 Å². The summed E-state index contributed by atoms with van der Waals surface area (Å²) in [4.78, 5) is 0. The van der Waals surface area contributed by atoms with Crippen LogP contribution in [0.5, 0.6) is 17.2 Å². The molecule has 3 aromatic carbocycles. The average Bonchev–Trinajstić information content (AvgIpc) is 4.01. The zero-order valence-corrected chi connectivity index (χ0v) is 27.8. The molecule has 4 atom stereocenters. The van der Waals surface area contributed by atoms with Crippen LogP contribution in [0.4, 0.5) is 0 Å². The molecule has 4 unspecified atom stereocenters. The highest BCUT2D eigenvalue weighted by atomic mass is 16.6. The fourth-order valence-corrected chi connectivity index (χ4v) is 6.36. The molecule has 0 bridgehead atoms. The van der Waals surface area contributed by atoms with E-state index in [0.29, 0.717) is 26.2 Å². The lowest BCUT2D eigenvalue weighted by atomic mass is 9.69. The van der Waals surface area contributed by atoms with Crippen LogP contribution >= 0.6 is 0 Å². The van der Waals surface area contributed by atoms with Crippen molar-refractivity contribution in [3.8, 4) is 17.2 Å². The minimum atomic E-state index is -0.480. The first-order valence-electron chi connectivity index (χ1n) is 16.9. The minimum Gasteiger partial charge on any atom is -0.491 e. The predicted molar refractivity (Wildman–Crippen MR) is 179 cm³/mol. The first-order valence-corrected chi connectivity index (χ1v) is 16.9. The second-order valence-electron chi connectivity index (χ2n) is 13.1. The Kier molecular flexibility index (Phi) is 11.1. The molecule has 3 aromatic rings. The van der Waals surface area contributed by atoms with E-state index in [1.807, 2.05) is 19.1 Å². The summed E-state index contributed by atoms with van der Waals surface area (Å²) >= 11 is 0. The van der Waals surface area contributed by atoms with Gasteiger partial charge in [0.25, 0.3) is 0 Å².